The van der Waals surface area contributed by atoms with Gasteiger partial charge in [-0.3, -0.25) is 9.59 Å². The number of benzene rings is 4. The number of hydrogen-bond acceptors (Lipinski definition) is 9. The summed E-state index contributed by atoms with van der Waals surface area (Å²) < 4.78 is 36.9. The van der Waals surface area contributed by atoms with E-state index in [0.717, 1.165) is 69.8 Å². The summed E-state index contributed by atoms with van der Waals surface area (Å²) in [5.74, 6) is 1.70. The fourth-order valence-electron chi connectivity index (χ4n) is 7.29. The maximum atomic E-state index is 12.5. The first-order valence-electron chi connectivity index (χ1n) is 19.3. The normalized spacial score (nSPS) is 19.2. The fourth-order valence-corrected chi connectivity index (χ4v) is 7.29. The monoisotopic (exact) mass is 741 g/mol. The molecule has 5 aromatic rings. The lowest BCUT2D eigenvalue weighted by atomic mass is 10.1. The number of esters is 2. The average Bonchev–Trinajstić information content (AvgIpc) is 4.03. The van der Waals surface area contributed by atoms with Gasteiger partial charge in [-0.15, -0.1) is 0 Å². The van der Waals surface area contributed by atoms with Crippen molar-refractivity contribution in [3.63, 3.8) is 0 Å². The molecule has 0 amide bonds. The van der Waals surface area contributed by atoms with Crippen molar-refractivity contribution >= 4 is 56.3 Å². The van der Waals surface area contributed by atoms with Crippen molar-refractivity contribution in [3.05, 3.63) is 121 Å². The summed E-state index contributed by atoms with van der Waals surface area (Å²) in [6.07, 6.45) is 17.9. The molecule has 8 rings (SSSR count). The van der Waals surface area contributed by atoms with Gasteiger partial charge in [-0.1, -0.05) is 85.0 Å². The Kier molecular flexibility index (Phi) is 11.3. The molecule has 3 aliphatic rings. The highest BCUT2D eigenvalue weighted by molar-refractivity contribution is 6.02. The summed E-state index contributed by atoms with van der Waals surface area (Å²) in [6, 6.07) is 24.7. The largest absolute Gasteiger partial charge is 0.438 e. The van der Waals surface area contributed by atoms with E-state index in [1.54, 1.807) is 0 Å². The van der Waals surface area contributed by atoms with Crippen LogP contribution in [-0.2, 0) is 35.1 Å². The van der Waals surface area contributed by atoms with E-state index in [9.17, 15) is 9.59 Å². The minimum atomic E-state index is -0.419. The predicted octanol–water partition coefficient (Wildman–Crippen LogP) is 8.81. The topological polar surface area (TPSA) is 101 Å². The van der Waals surface area contributed by atoms with Gasteiger partial charge in [-0.25, -0.2) is 0 Å². The minimum Gasteiger partial charge on any atom is -0.438 e. The maximum absolute atomic E-state index is 12.5. The Morgan fingerprint density at radius 2 is 1.40 bits per heavy atom. The first-order chi connectivity index (χ1) is 27.1. The Balaban J connectivity index is 0.949. The summed E-state index contributed by atoms with van der Waals surface area (Å²) in [5.41, 5.74) is 2.75. The molecule has 55 heavy (non-hydrogen) atoms. The number of anilines is 1. The van der Waals surface area contributed by atoms with Gasteiger partial charge in [-0.05, 0) is 48.2 Å². The number of ether oxygens (including phenoxy) is 5. The molecule has 0 spiro atoms. The highest BCUT2D eigenvalue weighted by Crippen LogP contribution is 2.44. The van der Waals surface area contributed by atoms with Gasteiger partial charge in [0.15, 0.2) is 12.3 Å². The van der Waals surface area contributed by atoms with Crippen LogP contribution in [0.3, 0.4) is 0 Å². The van der Waals surface area contributed by atoms with Crippen molar-refractivity contribution in [2.24, 2.45) is 0 Å². The molecule has 10 heteroatoms. The lowest BCUT2D eigenvalue weighted by Crippen LogP contribution is -2.35. The van der Waals surface area contributed by atoms with Crippen LogP contribution in [0.2, 0.25) is 0 Å². The number of nitrogens with zero attached hydrogens (tertiary/aromatic N) is 2. The maximum Gasteiger partial charge on any atom is 0.374 e. The molecular weight excluding hydrogens is 697 g/mol. The Labute approximate surface area is 319 Å². The van der Waals surface area contributed by atoms with Gasteiger partial charge in [0.1, 0.15) is 0 Å². The molecule has 2 unspecified atom stereocenters. The van der Waals surface area contributed by atoms with E-state index in [-0.39, 0.29) is 11.9 Å². The van der Waals surface area contributed by atoms with Crippen LogP contribution in [0, 0.1) is 0 Å². The SMILES string of the molecule is O=C(CCCN1/C(=C/C=C/C=C/C=C/c2oc3c4ccccc4ccc3[n+]2CCCC(=O)OC2CCCO2)Oc2c1ccc1ccccc21)OC1CCCO1. The third kappa shape index (κ3) is 8.51. The van der Waals surface area contributed by atoms with Crippen molar-refractivity contribution in [2.75, 3.05) is 24.7 Å². The van der Waals surface area contributed by atoms with Gasteiger partial charge in [0, 0.05) is 49.1 Å². The molecule has 4 aromatic carbocycles. The molecule has 0 aliphatic carbocycles. The Morgan fingerprint density at radius 3 is 2.15 bits per heavy atom. The predicted molar refractivity (Wildman–Crippen MR) is 210 cm³/mol. The number of aryl methyl sites for hydroxylation is 1. The van der Waals surface area contributed by atoms with Crippen LogP contribution in [0.1, 0.15) is 57.3 Å². The Hall–Kier alpha value is -5.71. The molecule has 0 saturated carbocycles. The highest BCUT2D eigenvalue weighted by Gasteiger charge is 2.28. The van der Waals surface area contributed by atoms with E-state index < -0.39 is 12.6 Å². The van der Waals surface area contributed by atoms with Gasteiger partial charge in [-0.2, -0.15) is 4.57 Å². The van der Waals surface area contributed by atoms with Crippen molar-refractivity contribution in [1.82, 2.24) is 0 Å². The molecule has 0 bridgehead atoms. The first kappa shape index (κ1) is 36.3. The molecule has 10 nitrogen and oxygen atoms in total. The number of carbonyl (C=O) groups is 2. The molecule has 2 fully saturated rings. The number of hydrogen-bond donors (Lipinski definition) is 0. The summed E-state index contributed by atoms with van der Waals surface area (Å²) >= 11 is 0. The van der Waals surface area contributed by atoms with Crippen LogP contribution in [0.4, 0.5) is 5.69 Å². The van der Waals surface area contributed by atoms with Crippen molar-refractivity contribution in [2.45, 2.75) is 70.5 Å². The third-order valence-electron chi connectivity index (χ3n) is 9.99. The smallest absolute Gasteiger partial charge is 0.374 e. The first-order valence-corrected chi connectivity index (χ1v) is 19.3. The molecule has 4 heterocycles. The molecule has 2 atom stereocenters. The number of aromatic nitrogens is 1. The van der Waals surface area contributed by atoms with E-state index in [2.05, 4.69) is 58.0 Å². The number of rotatable bonds is 14. The molecule has 2 saturated heterocycles. The van der Waals surface area contributed by atoms with Crippen LogP contribution >= 0.6 is 0 Å². The zero-order valence-electron chi connectivity index (χ0n) is 30.8. The zero-order valence-corrected chi connectivity index (χ0v) is 30.8. The number of fused-ring (bicyclic) bond motifs is 6. The van der Waals surface area contributed by atoms with Crippen molar-refractivity contribution in [3.8, 4) is 5.75 Å². The summed E-state index contributed by atoms with van der Waals surface area (Å²) in [6.45, 7) is 2.45. The van der Waals surface area contributed by atoms with Gasteiger partial charge >= 0.3 is 17.8 Å². The Morgan fingerprint density at radius 1 is 0.745 bits per heavy atom. The van der Waals surface area contributed by atoms with Crippen molar-refractivity contribution < 1.29 is 42.3 Å². The van der Waals surface area contributed by atoms with Gasteiger partial charge in [0.25, 0.3) is 5.52 Å². The molecule has 3 aliphatic heterocycles. The van der Waals surface area contributed by atoms with Gasteiger partial charge in [0.05, 0.1) is 31.4 Å². The number of allylic oxidation sites excluding steroid dienone is 6. The standard InChI is InChI=1S/C45H45N2O8/c48-40(54-42-22-12-30-50-42)20-10-28-46-36-26-24-32-14-6-8-16-34(32)44(36)52-38(46)18-4-2-1-3-5-19-39-47(29-11-21-41(49)55-43-23-13-31-51-43)37-27-25-33-15-7-9-17-35(33)45(37)53-39/h1-9,14-19,24-27,42-43H,10-13,20-23,28-31H2/q+1. The van der Waals surface area contributed by atoms with E-state index in [0.29, 0.717) is 63.8 Å². The summed E-state index contributed by atoms with van der Waals surface area (Å²) in [5, 5.41) is 4.27. The zero-order chi connectivity index (χ0) is 37.4. The van der Waals surface area contributed by atoms with E-state index in [1.807, 2.05) is 66.8 Å². The average molecular weight is 742 g/mol. The quantitative estimate of drug-likeness (QED) is 0.0628. The number of oxazole rings is 1. The molecule has 1 aromatic heterocycles. The molecule has 0 radical (unpaired) electrons. The van der Waals surface area contributed by atoms with Crippen LogP contribution in [0.15, 0.2) is 120 Å². The lowest BCUT2D eigenvalue weighted by molar-refractivity contribution is -0.678. The third-order valence-corrected chi connectivity index (χ3v) is 9.99. The van der Waals surface area contributed by atoms with Gasteiger partial charge < -0.3 is 33.0 Å². The second-order valence-electron chi connectivity index (χ2n) is 13.8. The van der Waals surface area contributed by atoms with Gasteiger partial charge in [0.2, 0.25) is 24.0 Å². The van der Waals surface area contributed by atoms with E-state index in [1.165, 1.54) is 0 Å². The van der Waals surface area contributed by atoms with Crippen LogP contribution in [0.25, 0.3) is 38.7 Å². The summed E-state index contributed by atoms with van der Waals surface area (Å²) in [7, 11) is 0. The minimum absolute atomic E-state index is 0.245. The summed E-state index contributed by atoms with van der Waals surface area (Å²) in [4.78, 5) is 27.1. The lowest BCUT2D eigenvalue weighted by Gasteiger charge is -2.18. The second kappa shape index (κ2) is 17.2. The number of carbonyl (C=O) groups excluding carboxylic acids is 2. The van der Waals surface area contributed by atoms with E-state index in [4.69, 9.17) is 28.1 Å². The molecule has 282 valence electrons. The van der Waals surface area contributed by atoms with Crippen molar-refractivity contribution in [1.29, 1.82) is 0 Å². The van der Waals surface area contributed by atoms with Crippen LogP contribution < -0.4 is 14.2 Å². The van der Waals surface area contributed by atoms with E-state index >= 15 is 0 Å². The van der Waals surface area contributed by atoms with Crippen LogP contribution in [-0.4, -0.2) is 44.3 Å². The van der Waals surface area contributed by atoms with Crippen LogP contribution in [0.5, 0.6) is 5.75 Å². The fraction of sp³-hybridized carbons (Fsp3) is 0.311. The second-order valence-corrected chi connectivity index (χ2v) is 13.8. The molecule has 0 N–H and O–H groups in total. The highest BCUT2D eigenvalue weighted by atomic mass is 16.7. The molecular formula is C45H45N2O8+. The Bertz CT molecular complexity index is 2290.